The van der Waals surface area contributed by atoms with E-state index < -0.39 is 5.97 Å². The molecule has 4 nitrogen and oxygen atoms in total. The molecule has 0 fully saturated rings. The standard InChI is InChI=1S/C13H12O4/c1-9-2-4-11(5-3-9)17-8-10-6-7-16-12(10)13(14)15/h2-7H,8H2,1H3,(H,14,15). The number of carboxylic acid groups (broad SMARTS) is 1. The fraction of sp³-hybridized carbons (Fsp3) is 0.154. The van der Waals surface area contributed by atoms with Crippen LogP contribution in [0.3, 0.4) is 0 Å². The van der Waals surface area contributed by atoms with Gasteiger partial charge in [0.1, 0.15) is 12.4 Å². The molecule has 0 aliphatic rings. The van der Waals surface area contributed by atoms with Crippen LogP contribution in [0.4, 0.5) is 0 Å². The van der Waals surface area contributed by atoms with Crippen molar-refractivity contribution in [2.45, 2.75) is 13.5 Å². The highest BCUT2D eigenvalue weighted by atomic mass is 16.5. The Morgan fingerprint density at radius 3 is 2.65 bits per heavy atom. The predicted molar refractivity (Wildman–Crippen MR) is 61.2 cm³/mol. The summed E-state index contributed by atoms with van der Waals surface area (Å²) in [5, 5.41) is 8.84. The van der Waals surface area contributed by atoms with Gasteiger partial charge in [0.2, 0.25) is 5.76 Å². The number of carboxylic acids is 1. The molecule has 0 radical (unpaired) electrons. The van der Waals surface area contributed by atoms with E-state index in [1.165, 1.54) is 6.26 Å². The number of carbonyl (C=O) groups is 1. The summed E-state index contributed by atoms with van der Waals surface area (Å²) >= 11 is 0. The summed E-state index contributed by atoms with van der Waals surface area (Å²) in [6, 6.07) is 9.15. The van der Waals surface area contributed by atoms with Gasteiger partial charge < -0.3 is 14.3 Å². The van der Waals surface area contributed by atoms with Crippen LogP contribution in [0, 0.1) is 6.92 Å². The number of hydrogen-bond donors (Lipinski definition) is 1. The SMILES string of the molecule is Cc1ccc(OCc2ccoc2C(=O)O)cc1. The molecule has 0 bridgehead atoms. The average Bonchev–Trinajstić information content (AvgIpc) is 2.76. The topological polar surface area (TPSA) is 59.7 Å². The number of rotatable bonds is 4. The quantitative estimate of drug-likeness (QED) is 0.880. The van der Waals surface area contributed by atoms with Gasteiger partial charge in [0.25, 0.3) is 0 Å². The number of ether oxygens (including phenoxy) is 1. The number of aryl methyl sites for hydroxylation is 1. The Bertz CT molecular complexity index is 510. The van der Waals surface area contributed by atoms with Crippen LogP contribution >= 0.6 is 0 Å². The van der Waals surface area contributed by atoms with Crippen molar-refractivity contribution in [2.24, 2.45) is 0 Å². The minimum atomic E-state index is -1.09. The number of benzene rings is 1. The normalized spacial score (nSPS) is 10.2. The number of aromatic carboxylic acids is 1. The van der Waals surface area contributed by atoms with Crippen molar-refractivity contribution in [1.29, 1.82) is 0 Å². The number of hydrogen-bond acceptors (Lipinski definition) is 3. The van der Waals surface area contributed by atoms with Crippen LogP contribution in [-0.4, -0.2) is 11.1 Å². The van der Waals surface area contributed by atoms with Crippen molar-refractivity contribution < 1.29 is 19.1 Å². The molecule has 4 heteroatoms. The third-order valence-corrected chi connectivity index (χ3v) is 2.36. The van der Waals surface area contributed by atoms with Gasteiger partial charge in [-0.1, -0.05) is 17.7 Å². The second-order valence-electron chi connectivity index (χ2n) is 3.68. The summed E-state index contributed by atoms with van der Waals surface area (Å²) in [6.45, 7) is 2.17. The maximum Gasteiger partial charge on any atom is 0.372 e. The summed E-state index contributed by atoms with van der Waals surface area (Å²) in [6.07, 6.45) is 1.34. The fourth-order valence-corrected chi connectivity index (χ4v) is 1.43. The first kappa shape index (κ1) is 11.3. The smallest absolute Gasteiger partial charge is 0.372 e. The highest BCUT2D eigenvalue weighted by Crippen LogP contribution is 2.16. The molecule has 1 N–H and O–H groups in total. The predicted octanol–water partition coefficient (Wildman–Crippen LogP) is 2.87. The van der Waals surface area contributed by atoms with E-state index in [2.05, 4.69) is 0 Å². The molecular weight excluding hydrogens is 220 g/mol. The first-order valence-corrected chi connectivity index (χ1v) is 5.16. The Labute approximate surface area is 98.4 Å². The van der Waals surface area contributed by atoms with Crippen molar-refractivity contribution in [2.75, 3.05) is 0 Å². The Morgan fingerprint density at radius 1 is 1.29 bits per heavy atom. The van der Waals surface area contributed by atoms with E-state index in [1.54, 1.807) is 6.07 Å². The molecule has 17 heavy (non-hydrogen) atoms. The fourth-order valence-electron chi connectivity index (χ4n) is 1.43. The van der Waals surface area contributed by atoms with Crippen molar-refractivity contribution in [3.8, 4) is 5.75 Å². The summed E-state index contributed by atoms with van der Waals surface area (Å²) in [5.74, 6) is -0.456. The van der Waals surface area contributed by atoms with Crippen LogP contribution < -0.4 is 4.74 Å². The molecule has 1 heterocycles. The average molecular weight is 232 g/mol. The van der Waals surface area contributed by atoms with E-state index in [9.17, 15) is 4.79 Å². The Balaban J connectivity index is 2.05. The lowest BCUT2D eigenvalue weighted by Crippen LogP contribution is -2.02. The van der Waals surface area contributed by atoms with Gasteiger partial charge in [-0.05, 0) is 25.1 Å². The summed E-state index contributed by atoms with van der Waals surface area (Å²) < 4.78 is 10.3. The highest BCUT2D eigenvalue weighted by Gasteiger charge is 2.13. The van der Waals surface area contributed by atoms with E-state index in [1.807, 2.05) is 31.2 Å². The minimum Gasteiger partial charge on any atom is -0.489 e. The molecule has 2 rings (SSSR count). The number of furan rings is 1. The van der Waals surface area contributed by atoms with Gasteiger partial charge >= 0.3 is 5.97 Å². The molecule has 0 amide bonds. The van der Waals surface area contributed by atoms with Crippen molar-refractivity contribution in [1.82, 2.24) is 0 Å². The lowest BCUT2D eigenvalue weighted by atomic mass is 10.2. The Morgan fingerprint density at radius 2 is 2.00 bits per heavy atom. The molecule has 0 saturated carbocycles. The van der Waals surface area contributed by atoms with E-state index in [0.717, 1.165) is 5.56 Å². The summed E-state index contributed by atoms with van der Waals surface area (Å²) in [4.78, 5) is 10.8. The first-order valence-electron chi connectivity index (χ1n) is 5.16. The van der Waals surface area contributed by atoms with Gasteiger partial charge in [-0.3, -0.25) is 0 Å². The maximum absolute atomic E-state index is 10.8. The molecule has 0 spiro atoms. The zero-order chi connectivity index (χ0) is 12.3. The van der Waals surface area contributed by atoms with Crippen molar-refractivity contribution in [3.05, 3.63) is 53.5 Å². The highest BCUT2D eigenvalue weighted by molar-refractivity contribution is 5.86. The van der Waals surface area contributed by atoms with E-state index in [4.69, 9.17) is 14.3 Å². The van der Waals surface area contributed by atoms with Gasteiger partial charge in [0.15, 0.2) is 0 Å². The van der Waals surface area contributed by atoms with Crippen LogP contribution in [0.5, 0.6) is 5.75 Å². The van der Waals surface area contributed by atoms with E-state index in [-0.39, 0.29) is 12.4 Å². The van der Waals surface area contributed by atoms with Crippen LogP contribution in [0.25, 0.3) is 0 Å². The molecule has 0 saturated heterocycles. The minimum absolute atomic E-state index is 0.0721. The lowest BCUT2D eigenvalue weighted by Gasteiger charge is -2.05. The van der Waals surface area contributed by atoms with Crippen molar-refractivity contribution in [3.63, 3.8) is 0 Å². The third kappa shape index (κ3) is 2.66. The van der Waals surface area contributed by atoms with Gasteiger partial charge in [0.05, 0.1) is 6.26 Å². The van der Waals surface area contributed by atoms with Crippen LogP contribution in [0.15, 0.2) is 41.0 Å². The van der Waals surface area contributed by atoms with E-state index >= 15 is 0 Å². The molecule has 0 atom stereocenters. The van der Waals surface area contributed by atoms with Crippen LogP contribution in [-0.2, 0) is 6.61 Å². The Hall–Kier alpha value is -2.23. The molecule has 1 aromatic carbocycles. The van der Waals surface area contributed by atoms with Gasteiger partial charge in [0, 0.05) is 5.56 Å². The first-order chi connectivity index (χ1) is 8.16. The molecule has 0 aliphatic heterocycles. The van der Waals surface area contributed by atoms with Gasteiger partial charge in [-0.25, -0.2) is 4.79 Å². The van der Waals surface area contributed by atoms with E-state index in [0.29, 0.717) is 11.3 Å². The monoisotopic (exact) mass is 232 g/mol. The second-order valence-corrected chi connectivity index (χ2v) is 3.68. The second kappa shape index (κ2) is 4.74. The zero-order valence-corrected chi connectivity index (χ0v) is 9.34. The zero-order valence-electron chi connectivity index (χ0n) is 9.34. The molecular formula is C13H12O4. The molecule has 2 aromatic rings. The van der Waals surface area contributed by atoms with Gasteiger partial charge in [-0.15, -0.1) is 0 Å². The molecule has 88 valence electrons. The van der Waals surface area contributed by atoms with Crippen LogP contribution in [0.1, 0.15) is 21.7 Å². The van der Waals surface area contributed by atoms with Crippen molar-refractivity contribution >= 4 is 5.97 Å². The summed E-state index contributed by atoms with van der Waals surface area (Å²) in [5.41, 5.74) is 1.67. The molecule has 0 unspecified atom stereocenters. The Kier molecular flexibility index (Phi) is 3.14. The van der Waals surface area contributed by atoms with Crippen LogP contribution in [0.2, 0.25) is 0 Å². The largest absolute Gasteiger partial charge is 0.489 e. The molecule has 0 aliphatic carbocycles. The molecule has 1 aromatic heterocycles. The maximum atomic E-state index is 10.8. The lowest BCUT2D eigenvalue weighted by molar-refractivity contribution is 0.0658. The summed E-state index contributed by atoms with van der Waals surface area (Å²) in [7, 11) is 0. The third-order valence-electron chi connectivity index (χ3n) is 2.36. The van der Waals surface area contributed by atoms with Gasteiger partial charge in [-0.2, -0.15) is 0 Å².